The number of anilines is 1. The molecule has 2 N–H and O–H groups in total. The van der Waals surface area contributed by atoms with E-state index in [4.69, 9.17) is 4.74 Å². The average Bonchev–Trinajstić information content (AvgIpc) is 2.88. The first kappa shape index (κ1) is 28.2. The second-order valence-electron chi connectivity index (χ2n) is 10.6. The molecular weight excluding hydrogens is 484 g/mol. The zero-order valence-electron chi connectivity index (χ0n) is 21.8. The summed E-state index contributed by atoms with van der Waals surface area (Å²) < 4.78 is 32.8. The SMILES string of the molecule is CCCCOc1ccc(N2CCN(S(=O)(=O)C3(C(=O)NO)CCN(C(=O)C(C)(C)C)CC3)CC2)cc1. The van der Waals surface area contributed by atoms with Crippen molar-refractivity contribution in [2.24, 2.45) is 5.41 Å². The lowest BCUT2D eigenvalue weighted by Gasteiger charge is -2.44. The van der Waals surface area contributed by atoms with Crippen LogP contribution < -0.4 is 15.1 Å². The van der Waals surface area contributed by atoms with Crippen LogP contribution in [0, 0.1) is 5.41 Å². The number of rotatable bonds is 8. The van der Waals surface area contributed by atoms with Gasteiger partial charge in [0.25, 0.3) is 5.91 Å². The number of unbranched alkanes of at least 4 members (excludes halogenated alkanes) is 1. The van der Waals surface area contributed by atoms with Gasteiger partial charge in [-0.3, -0.25) is 14.8 Å². The highest BCUT2D eigenvalue weighted by molar-refractivity contribution is 7.91. The van der Waals surface area contributed by atoms with Crippen LogP contribution in [-0.4, -0.2) is 85.3 Å². The summed E-state index contributed by atoms with van der Waals surface area (Å²) in [6, 6.07) is 7.77. The molecule has 1 aromatic carbocycles. The van der Waals surface area contributed by atoms with Crippen molar-refractivity contribution in [2.75, 3.05) is 50.8 Å². The number of hydrogen-bond acceptors (Lipinski definition) is 7. The largest absolute Gasteiger partial charge is 0.494 e. The van der Waals surface area contributed by atoms with Crippen molar-refractivity contribution < 1.29 is 28.0 Å². The summed E-state index contributed by atoms with van der Waals surface area (Å²) in [5, 5.41) is 9.42. The molecule has 202 valence electrons. The van der Waals surface area contributed by atoms with E-state index in [1.165, 1.54) is 4.31 Å². The highest BCUT2D eigenvalue weighted by Gasteiger charge is 2.55. The van der Waals surface area contributed by atoms with Gasteiger partial charge in [0.15, 0.2) is 4.75 Å². The third kappa shape index (κ3) is 5.78. The molecule has 2 saturated heterocycles. The maximum absolute atomic E-state index is 13.8. The summed E-state index contributed by atoms with van der Waals surface area (Å²) in [6.45, 7) is 9.87. The molecule has 10 nitrogen and oxygen atoms in total. The summed E-state index contributed by atoms with van der Waals surface area (Å²) in [7, 11) is -4.09. The van der Waals surface area contributed by atoms with E-state index in [0.29, 0.717) is 19.7 Å². The molecule has 0 unspecified atom stereocenters. The van der Waals surface area contributed by atoms with E-state index in [2.05, 4.69) is 11.8 Å². The predicted molar refractivity (Wildman–Crippen MR) is 137 cm³/mol. The number of hydrogen-bond donors (Lipinski definition) is 2. The number of amides is 2. The second-order valence-corrected chi connectivity index (χ2v) is 12.8. The molecule has 2 fully saturated rings. The van der Waals surface area contributed by atoms with Gasteiger partial charge in [0.1, 0.15) is 5.75 Å². The monoisotopic (exact) mass is 524 g/mol. The molecule has 0 bridgehead atoms. The molecule has 2 aliphatic rings. The molecule has 0 spiro atoms. The van der Waals surface area contributed by atoms with E-state index >= 15 is 0 Å². The van der Waals surface area contributed by atoms with Gasteiger partial charge < -0.3 is 14.5 Å². The zero-order valence-corrected chi connectivity index (χ0v) is 22.6. The van der Waals surface area contributed by atoms with Crippen LogP contribution in [0.25, 0.3) is 0 Å². The smallest absolute Gasteiger partial charge is 0.266 e. The molecule has 0 atom stereocenters. The number of carbonyl (C=O) groups is 2. The van der Waals surface area contributed by atoms with E-state index in [0.717, 1.165) is 24.3 Å². The number of benzene rings is 1. The first-order valence-electron chi connectivity index (χ1n) is 12.7. The van der Waals surface area contributed by atoms with Crippen LogP contribution in [-0.2, 0) is 19.6 Å². The van der Waals surface area contributed by atoms with Gasteiger partial charge in [-0.25, -0.2) is 13.9 Å². The van der Waals surface area contributed by atoms with E-state index in [-0.39, 0.29) is 44.9 Å². The van der Waals surface area contributed by atoms with Crippen LogP contribution in [0.5, 0.6) is 5.75 Å². The number of ether oxygens (including phenoxy) is 1. The average molecular weight is 525 g/mol. The Balaban J connectivity index is 1.68. The second kappa shape index (κ2) is 11.4. The van der Waals surface area contributed by atoms with Crippen molar-refractivity contribution in [3.05, 3.63) is 24.3 Å². The summed E-state index contributed by atoms with van der Waals surface area (Å²) in [5.74, 6) is -0.221. The summed E-state index contributed by atoms with van der Waals surface area (Å²) in [5.41, 5.74) is 1.96. The molecule has 3 rings (SSSR count). The van der Waals surface area contributed by atoms with Crippen LogP contribution in [0.15, 0.2) is 24.3 Å². The fraction of sp³-hybridized carbons (Fsp3) is 0.680. The summed E-state index contributed by atoms with van der Waals surface area (Å²) in [4.78, 5) is 29.2. The van der Waals surface area contributed by atoms with Gasteiger partial charge in [0.05, 0.1) is 6.61 Å². The fourth-order valence-corrected chi connectivity index (χ4v) is 6.89. The van der Waals surface area contributed by atoms with E-state index < -0.39 is 26.1 Å². The molecule has 2 aliphatic heterocycles. The number of piperazine rings is 1. The molecule has 0 saturated carbocycles. The van der Waals surface area contributed by atoms with Crippen molar-refractivity contribution >= 4 is 27.5 Å². The molecule has 1 aromatic rings. The van der Waals surface area contributed by atoms with Gasteiger partial charge in [-0.1, -0.05) is 34.1 Å². The van der Waals surface area contributed by atoms with Crippen LogP contribution in [0.3, 0.4) is 0 Å². The Morgan fingerprint density at radius 2 is 1.61 bits per heavy atom. The Morgan fingerprint density at radius 1 is 1.03 bits per heavy atom. The van der Waals surface area contributed by atoms with Gasteiger partial charge in [-0.15, -0.1) is 0 Å². The van der Waals surface area contributed by atoms with Crippen molar-refractivity contribution in [1.82, 2.24) is 14.7 Å². The Labute approximate surface area is 214 Å². The molecule has 36 heavy (non-hydrogen) atoms. The minimum absolute atomic E-state index is 0.0662. The standard InChI is InChI=1S/C25H40N4O6S/c1-5-6-19-35-21-9-7-20(8-10-21)27-15-17-29(18-16-27)36(33,34)25(22(30)26-32)11-13-28(14-12-25)23(31)24(2,3)4/h7-10,32H,5-6,11-19H2,1-4H3,(H,26,30). The quantitative estimate of drug-likeness (QED) is 0.304. The Bertz CT molecular complexity index is 1010. The molecule has 2 amide bonds. The predicted octanol–water partition coefficient (Wildman–Crippen LogP) is 2.23. The lowest BCUT2D eigenvalue weighted by Crippen LogP contribution is -2.64. The maximum Gasteiger partial charge on any atom is 0.266 e. The fourth-order valence-electron chi connectivity index (χ4n) is 4.77. The number of hydroxylamine groups is 1. The molecule has 0 radical (unpaired) electrons. The van der Waals surface area contributed by atoms with Crippen LogP contribution >= 0.6 is 0 Å². The molecule has 2 heterocycles. The Hall–Kier alpha value is -2.37. The number of nitrogens with zero attached hydrogens (tertiary/aromatic N) is 3. The molecule has 0 aromatic heterocycles. The van der Waals surface area contributed by atoms with Gasteiger partial charge >= 0.3 is 0 Å². The maximum atomic E-state index is 13.8. The molecule has 0 aliphatic carbocycles. The Kier molecular flexibility index (Phi) is 8.89. The third-order valence-electron chi connectivity index (χ3n) is 7.06. The highest BCUT2D eigenvalue weighted by Crippen LogP contribution is 2.36. The first-order valence-corrected chi connectivity index (χ1v) is 14.1. The lowest BCUT2D eigenvalue weighted by atomic mass is 9.90. The summed E-state index contributed by atoms with van der Waals surface area (Å²) >= 11 is 0. The first-order chi connectivity index (χ1) is 17.0. The van der Waals surface area contributed by atoms with Crippen LogP contribution in [0.4, 0.5) is 5.69 Å². The van der Waals surface area contributed by atoms with Gasteiger partial charge in [-0.05, 0) is 43.5 Å². The van der Waals surface area contributed by atoms with Crippen molar-refractivity contribution in [3.8, 4) is 5.75 Å². The van der Waals surface area contributed by atoms with E-state index in [1.807, 2.05) is 24.3 Å². The van der Waals surface area contributed by atoms with Gasteiger partial charge in [0.2, 0.25) is 15.9 Å². The topological polar surface area (TPSA) is 119 Å². The van der Waals surface area contributed by atoms with Crippen molar-refractivity contribution in [1.29, 1.82) is 0 Å². The zero-order chi connectivity index (χ0) is 26.6. The van der Waals surface area contributed by atoms with Crippen LogP contribution in [0.2, 0.25) is 0 Å². The normalized spacial score (nSPS) is 19.1. The number of piperidine rings is 1. The lowest BCUT2D eigenvalue weighted by molar-refractivity contribution is -0.143. The van der Waals surface area contributed by atoms with Gasteiger partial charge in [-0.2, -0.15) is 4.31 Å². The van der Waals surface area contributed by atoms with Gasteiger partial charge in [0, 0.05) is 50.4 Å². The summed E-state index contributed by atoms with van der Waals surface area (Å²) in [6.07, 6.45) is 1.94. The van der Waals surface area contributed by atoms with Crippen molar-refractivity contribution in [2.45, 2.75) is 58.1 Å². The third-order valence-corrected chi connectivity index (χ3v) is 9.68. The number of carbonyl (C=O) groups excluding carboxylic acids is 2. The van der Waals surface area contributed by atoms with E-state index in [9.17, 15) is 23.2 Å². The van der Waals surface area contributed by atoms with Crippen LogP contribution in [0.1, 0.15) is 53.4 Å². The van der Waals surface area contributed by atoms with Crippen molar-refractivity contribution in [3.63, 3.8) is 0 Å². The highest BCUT2D eigenvalue weighted by atomic mass is 32.2. The Morgan fingerprint density at radius 3 is 2.11 bits per heavy atom. The number of likely N-dealkylation sites (tertiary alicyclic amines) is 1. The molecule has 11 heteroatoms. The minimum Gasteiger partial charge on any atom is -0.494 e. The number of nitrogens with one attached hydrogen (secondary N) is 1. The van der Waals surface area contributed by atoms with E-state index in [1.54, 1.807) is 31.2 Å². The number of sulfonamides is 1. The minimum atomic E-state index is -4.09. The molecular formula is C25H40N4O6S.